The highest BCUT2D eigenvalue weighted by atomic mass is 16.4. The number of carbonyl (C=O) groups is 1. The predicted octanol–water partition coefficient (Wildman–Crippen LogP) is 3.73. The van der Waals surface area contributed by atoms with E-state index < -0.39 is 5.97 Å². The number of benzene rings is 2. The fourth-order valence-corrected chi connectivity index (χ4v) is 2.51. The van der Waals surface area contributed by atoms with Gasteiger partial charge in [-0.05, 0) is 29.7 Å². The van der Waals surface area contributed by atoms with Crippen LogP contribution in [0.3, 0.4) is 0 Å². The molecule has 0 amide bonds. The molecule has 2 aromatic rings. The Bertz CT molecular complexity index is 595. The van der Waals surface area contributed by atoms with Gasteiger partial charge in [0.05, 0.1) is 0 Å². The highest BCUT2D eigenvalue weighted by Crippen LogP contribution is 2.12. The van der Waals surface area contributed by atoms with Gasteiger partial charge in [0.1, 0.15) is 0 Å². The van der Waals surface area contributed by atoms with Gasteiger partial charge in [0.25, 0.3) is 0 Å². The maximum absolute atomic E-state index is 10.7. The van der Waals surface area contributed by atoms with Gasteiger partial charge in [-0.25, -0.2) is 0 Å². The van der Waals surface area contributed by atoms with Crippen LogP contribution in [-0.2, 0) is 24.3 Å². The van der Waals surface area contributed by atoms with Crippen molar-refractivity contribution in [2.45, 2.75) is 32.9 Å². The zero-order chi connectivity index (χ0) is 15.8. The molecule has 2 rings (SSSR count). The van der Waals surface area contributed by atoms with Crippen LogP contribution in [-0.4, -0.2) is 22.5 Å². The molecule has 0 unspecified atom stereocenters. The number of rotatable bonds is 8. The van der Waals surface area contributed by atoms with E-state index in [0.717, 1.165) is 25.2 Å². The number of carboxylic acid groups (broad SMARTS) is 1. The van der Waals surface area contributed by atoms with Crippen LogP contribution in [0.25, 0.3) is 0 Å². The molecule has 0 aliphatic carbocycles. The topological polar surface area (TPSA) is 40.5 Å². The molecule has 1 N–H and O–H groups in total. The molecule has 0 aliphatic rings. The first kappa shape index (κ1) is 16.2. The van der Waals surface area contributed by atoms with Crippen molar-refractivity contribution in [1.29, 1.82) is 0 Å². The van der Waals surface area contributed by atoms with E-state index in [1.807, 2.05) is 18.2 Å². The summed E-state index contributed by atoms with van der Waals surface area (Å²) in [5, 5.41) is 8.78. The number of aliphatic carboxylic acids is 1. The Hall–Kier alpha value is -2.13. The summed E-state index contributed by atoms with van der Waals surface area (Å²) in [6.45, 7) is 4.95. The van der Waals surface area contributed by atoms with Crippen molar-refractivity contribution < 1.29 is 9.90 Å². The average molecular weight is 297 g/mol. The first-order valence-corrected chi connectivity index (χ1v) is 7.73. The second kappa shape index (κ2) is 8.35. The smallest absolute Gasteiger partial charge is 0.303 e. The second-order valence-electron chi connectivity index (χ2n) is 5.50. The Morgan fingerprint density at radius 3 is 2.27 bits per heavy atom. The highest BCUT2D eigenvalue weighted by molar-refractivity contribution is 5.67. The van der Waals surface area contributed by atoms with Crippen LogP contribution in [0.1, 0.15) is 30.0 Å². The van der Waals surface area contributed by atoms with E-state index in [1.54, 1.807) is 0 Å². The fourth-order valence-electron chi connectivity index (χ4n) is 2.51. The molecule has 0 aliphatic heterocycles. The van der Waals surface area contributed by atoms with Gasteiger partial charge in [-0.15, -0.1) is 0 Å². The molecule has 2 aromatic carbocycles. The van der Waals surface area contributed by atoms with Gasteiger partial charge in [-0.1, -0.05) is 61.5 Å². The van der Waals surface area contributed by atoms with Crippen LogP contribution in [0.5, 0.6) is 0 Å². The Morgan fingerprint density at radius 1 is 0.955 bits per heavy atom. The number of hydrogen-bond donors (Lipinski definition) is 1. The SMILES string of the molecule is CCN(Cc1ccccc1)Cc1cccc(CCC(=O)O)c1. The minimum absolute atomic E-state index is 0.185. The van der Waals surface area contributed by atoms with Crippen LogP contribution >= 0.6 is 0 Å². The zero-order valence-electron chi connectivity index (χ0n) is 13.0. The molecule has 116 valence electrons. The lowest BCUT2D eigenvalue weighted by molar-refractivity contribution is -0.136. The van der Waals surface area contributed by atoms with Crippen molar-refractivity contribution in [2.24, 2.45) is 0 Å². The molecule has 0 radical (unpaired) electrons. The van der Waals surface area contributed by atoms with Gasteiger partial charge < -0.3 is 5.11 Å². The van der Waals surface area contributed by atoms with Gasteiger partial charge in [0, 0.05) is 19.5 Å². The predicted molar refractivity (Wildman–Crippen MR) is 88.6 cm³/mol. The number of hydrogen-bond acceptors (Lipinski definition) is 2. The number of carboxylic acids is 1. The lowest BCUT2D eigenvalue weighted by Gasteiger charge is -2.21. The Kier molecular flexibility index (Phi) is 6.16. The standard InChI is InChI=1S/C19H23NO2/c1-2-20(14-17-7-4-3-5-8-17)15-18-10-6-9-16(13-18)11-12-19(21)22/h3-10,13H,2,11-12,14-15H2,1H3,(H,21,22). The van der Waals surface area contributed by atoms with Gasteiger partial charge in [0.15, 0.2) is 0 Å². The molecular formula is C19H23NO2. The monoisotopic (exact) mass is 297 g/mol. The van der Waals surface area contributed by atoms with E-state index in [1.165, 1.54) is 11.1 Å². The van der Waals surface area contributed by atoms with E-state index in [-0.39, 0.29) is 6.42 Å². The zero-order valence-corrected chi connectivity index (χ0v) is 13.0. The summed E-state index contributed by atoms with van der Waals surface area (Å²) in [7, 11) is 0. The third-order valence-electron chi connectivity index (χ3n) is 3.72. The first-order chi connectivity index (χ1) is 10.7. The lowest BCUT2D eigenvalue weighted by atomic mass is 10.1. The summed E-state index contributed by atoms with van der Waals surface area (Å²) in [6, 6.07) is 18.7. The molecule has 0 spiro atoms. The molecule has 0 fully saturated rings. The molecule has 0 saturated carbocycles. The van der Waals surface area contributed by atoms with Crippen molar-refractivity contribution in [1.82, 2.24) is 4.90 Å². The number of aryl methyl sites for hydroxylation is 1. The van der Waals surface area contributed by atoms with Gasteiger partial charge in [-0.2, -0.15) is 0 Å². The third-order valence-corrected chi connectivity index (χ3v) is 3.72. The highest BCUT2D eigenvalue weighted by Gasteiger charge is 2.06. The molecule has 0 aromatic heterocycles. The van der Waals surface area contributed by atoms with Crippen molar-refractivity contribution in [3.8, 4) is 0 Å². The Labute approximate surface area is 132 Å². The van der Waals surface area contributed by atoms with Crippen molar-refractivity contribution in [3.63, 3.8) is 0 Å². The fraction of sp³-hybridized carbons (Fsp3) is 0.316. The minimum atomic E-state index is -0.746. The Balaban J connectivity index is 1.98. The summed E-state index contributed by atoms with van der Waals surface area (Å²) in [5.74, 6) is -0.746. The largest absolute Gasteiger partial charge is 0.481 e. The van der Waals surface area contributed by atoms with E-state index >= 15 is 0 Å². The van der Waals surface area contributed by atoms with Crippen molar-refractivity contribution >= 4 is 5.97 Å². The maximum Gasteiger partial charge on any atom is 0.303 e. The summed E-state index contributed by atoms with van der Waals surface area (Å²) in [5.41, 5.74) is 3.64. The van der Waals surface area contributed by atoms with Crippen LogP contribution in [0.15, 0.2) is 54.6 Å². The van der Waals surface area contributed by atoms with Crippen LogP contribution in [0.2, 0.25) is 0 Å². The summed E-state index contributed by atoms with van der Waals surface area (Å²) < 4.78 is 0. The van der Waals surface area contributed by atoms with E-state index in [0.29, 0.717) is 6.42 Å². The van der Waals surface area contributed by atoms with Gasteiger partial charge in [0.2, 0.25) is 0 Å². The van der Waals surface area contributed by atoms with Gasteiger partial charge >= 0.3 is 5.97 Å². The lowest BCUT2D eigenvalue weighted by Crippen LogP contribution is -2.22. The third kappa shape index (κ3) is 5.34. The molecule has 22 heavy (non-hydrogen) atoms. The number of nitrogens with zero attached hydrogens (tertiary/aromatic N) is 1. The van der Waals surface area contributed by atoms with Crippen LogP contribution < -0.4 is 0 Å². The van der Waals surface area contributed by atoms with Gasteiger partial charge in [-0.3, -0.25) is 9.69 Å². The summed E-state index contributed by atoms with van der Waals surface area (Å²) in [6.07, 6.45) is 0.777. The summed E-state index contributed by atoms with van der Waals surface area (Å²) in [4.78, 5) is 13.1. The van der Waals surface area contributed by atoms with Crippen molar-refractivity contribution in [3.05, 3.63) is 71.3 Å². The van der Waals surface area contributed by atoms with E-state index in [2.05, 4.69) is 48.2 Å². The molecule has 0 saturated heterocycles. The molecule has 3 nitrogen and oxygen atoms in total. The normalized spacial score (nSPS) is 10.8. The molecule has 0 bridgehead atoms. The van der Waals surface area contributed by atoms with E-state index in [9.17, 15) is 4.79 Å². The maximum atomic E-state index is 10.7. The van der Waals surface area contributed by atoms with E-state index in [4.69, 9.17) is 5.11 Å². The second-order valence-corrected chi connectivity index (χ2v) is 5.50. The Morgan fingerprint density at radius 2 is 1.59 bits per heavy atom. The van der Waals surface area contributed by atoms with Crippen LogP contribution in [0.4, 0.5) is 0 Å². The average Bonchev–Trinajstić information content (AvgIpc) is 2.53. The first-order valence-electron chi connectivity index (χ1n) is 7.73. The quantitative estimate of drug-likeness (QED) is 0.807. The van der Waals surface area contributed by atoms with Crippen molar-refractivity contribution in [2.75, 3.05) is 6.54 Å². The molecular weight excluding hydrogens is 274 g/mol. The summed E-state index contributed by atoms with van der Waals surface area (Å²) >= 11 is 0. The molecule has 0 atom stereocenters. The molecule has 3 heteroatoms. The molecule has 0 heterocycles. The minimum Gasteiger partial charge on any atom is -0.481 e. The van der Waals surface area contributed by atoms with Crippen LogP contribution in [0, 0.1) is 0 Å².